The minimum atomic E-state index is -4.63. The molecular weight excluding hydrogens is 307 g/mol. The molecule has 0 aliphatic rings. The number of hydrogen-bond donors (Lipinski definition) is 1. The summed E-state index contributed by atoms with van der Waals surface area (Å²) in [6.07, 6.45) is -4.24. The van der Waals surface area contributed by atoms with Crippen LogP contribution in [0, 0.1) is 0 Å². The van der Waals surface area contributed by atoms with Gasteiger partial charge in [-0.05, 0) is 35.7 Å². The SMILES string of the molecule is Nc1ccccc1Cc1ccc2oc(=O)cc(C(F)(F)F)c2c1. The molecule has 0 bridgehead atoms. The van der Waals surface area contributed by atoms with Gasteiger partial charge in [-0.2, -0.15) is 13.2 Å². The number of fused-ring (bicyclic) bond motifs is 1. The average Bonchev–Trinajstić information content (AvgIpc) is 2.48. The van der Waals surface area contributed by atoms with Crippen LogP contribution in [-0.4, -0.2) is 0 Å². The number of hydrogen-bond acceptors (Lipinski definition) is 3. The summed E-state index contributed by atoms with van der Waals surface area (Å²) in [7, 11) is 0. The van der Waals surface area contributed by atoms with E-state index >= 15 is 0 Å². The molecule has 3 nitrogen and oxygen atoms in total. The minimum Gasteiger partial charge on any atom is -0.423 e. The zero-order valence-corrected chi connectivity index (χ0v) is 11.9. The Labute approximate surface area is 129 Å². The fourth-order valence-corrected chi connectivity index (χ4v) is 2.47. The Morgan fingerprint density at radius 1 is 1.04 bits per heavy atom. The van der Waals surface area contributed by atoms with Gasteiger partial charge in [0.1, 0.15) is 5.58 Å². The minimum absolute atomic E-state index is 0.0883. The fraction of sp³-hybridized carbons (Fsp3) is 0.118. The van der Waals surface area contributed by atoms with Gasteiger partial charge >= 0.3 is 11.8 Å². The van der Waals surface area contributed by atoms with Crippen LogP contribution in [0.1, 0.15) is 16.7 Å². The summed E-state index contributed by atoms with van der Waals surface area (Å²) in [6.45, 7) is 0. The van der Waals surface area contributed by atoms with Gasteiger partial charge in [-0.1, -0.05) is 24.3 Å². The van der Waals surface area contributed by atoms with E-state index in [9.17, 15) is 18.0 Å². The average molecular weight is 319 g/mol. The molecule has 0 atom stereocenters. The topological polar surface area (TPSA) is 56.2 Å². The summed E-state index contributed by atoms with van der Waals surface area (Å²) >= 11 is 0. The van der Waals surface area contributed by atoms with E-state index in [0.29, 0.717) is 23.7 Å². The van der Waals surface area contributed by atoms with Crippen LogP contribution in [0.15, 0.2) is 57.7 Å². The number of halogens is 3. The third-order valence-electron chi connectivity index (χ3n) is 3.56. The van der Waals surface area contributed by atoms with Crippen LogP contribution in [0.3, 0.4) is 0 Å². The van der Waals surface area contributed by atoms with Crippen molar-refractivity contribution in [1.29, 1.82) is 0 Å². The van der Waals surface area contributed by atoms with Crippen LogP contribution in [0.25, 0.3) is 11.0 Å². The molecule has 2 N–H and O–H groups in total. The predicted octanol–water partition coefficient (Wildman–Crippen LogP) is 3.98. The van der Waals surface area contributed by atoms with Gasteiger partial charge in [-0.3, -0.25) is 0 Å². The number of benzene rings is 2. The van der Waals surface area contributed by atoms with Gasteiger partial charge in [0.15, 0.2) is 0 Å². The van der Waals surface area contributed by atoms with Gasteiger partial charge in [0.05, 0.1) is 5.56 Å². The van der Waals surface area contributed by atoms with E-state index in [2.05, 4.69) is 0 Å². The molecule has 0 radical (unpaired) electrons. The molecule has 1 heterocycles. The lowest BCUT2D eigenvalue weighted by Crippen LogP contribution is -2.11. The van der Waals surface area contributed by atoms with Crippen molar-refractivity contribution < 1.29 is 17.6 Å². The standard InChI is InChI=1S/C17H12F3NO2/c18-17(19,20)13-9-16(22)23-15-6-5-10(8-12(13)15)7-11-3-1-2-4-14(11)21/h1-6,8-9H,7,21H2. The van der Waals surface area contributed by atoms with E-state index in [-0.39, 0.29) is 11.0 Å². The van der Waals surface area contributed by atoms with Crippen LogP contribution >= 0.6 is 0 Å². The first-order chi connectivity index (χ1) is 10.8. The largest absolute Gasteiger partial charge is 0.423 e. The van der Waals surface area contributed by atoms with Crippen molar-refractivity contribution in [3.05, 3.63) is 75.6 Å². The number of para-hydroxylation sites is 1. The molecule has 2 aromatic carbocycles. The van der Waals surface area contributed by atoms with Gasteiger partial charge in [-0.15, -0.1) is 0 Å². The van der Waals surface area contributed by atoms with E-state index in [4.69, 9.17) is 10.2 Å². The van der Waals surface area contributed by atoms with Crippen molar-refractivity contribution >= 4 is 16.7 Å². The molecule has 0 aliphatic heterocycles. The van der Waals surface area contributed by atoms with E-state index in [1.165, 1.54) is 12.1 Å². The molecule has 0 spiro atoms. The lowest BCUT2D eigenvalue weighted by Gasteiger charge is -2.11. The second-order valence-electron chi connectivity index (χ2n) is 5.18. The van der Waals surface area contributed by atoms with Crippen molar-refractivity contribution in [2.45, 2.75) is 12.6 Å². The number of alkyl halides is 3. The van der Waals surface area contributed by atoms with Crippen LogP contribution in [0.2, 0.25) is 0 Å². The summed E-state index contributed by atoms with van der Waals surface area (Å²) < 4.78 is 44.2. The van der Waals surface area contributed by atoms with Crippen molar-refractivity contribution in [2.75, 3.05) is 5.73 Å². The molecule has 1 aromatic heterocycles. The molecule has 0 unspecified atom stereocenters. The molecule has 23 heavy (non-hydrogen) atoms. The molecule has 0 saturated heterocycles. The van der Waals surface area contributed by atoms with Crippen LogP contribution < -0.4 is 11.4 Å². The zero-order valence-electron chi connectivity index (χ0n) is 11.9. The van der Waals surface area contributed by atoms with Gasteiger partial charge in [-0.25, -0.2) is 4.79 Å². The molecule has 0 aliphatic carbocycles. The molecule has 6 heteroatoms. The fourth-order valence-electron chi connectivity index (χ4n) is 2.47. The highest BCUT2D eigenvalue weighted by Crippen LogP contribution is 2.34. The second kappa shape index (κ2) is 5.46. The lowest BCUT2D eigenvalue weighted by atomic mass is 10.0. The van der Waals surface area contributed by atoms with Crippen molar-refractivity contribution in [2.24, 2.45) is 0 Å². The Balaban J connectivity index is 2.13. The third-order valence-corrected chi connectivity index (χ3v) is 3.56. The summed E-state index contributed by atoms with van der Waals surface area (Å²) in [4.78, 5) is 11.3. The van der Waals surface area contributed by atoms with Crippen molar-refractivity contribution in [3.8, 4) is 0 Å². The smallest absolute Gasteiger partial charge is 0.417 e. The van der Waals surface area contributed by atoms with Crippen molar-refractivity contribution in [1.82, 2.24) is 0 Å². The van der Waals surface area contributed by atoms with Gasteiger partial charge in [0.2, 0.25) is 0 Å². The first kappa shape index (κ1) is 15.1. The van der Waals surface area contributed by atoms with E-state index < -0.39 is 17.4 Å². The number of rotatable bonds is 2. The van der Waals surface area contributed by atoms with Gasteiger partial charge in [0.25, 0.3) is 0 Å². The van der Waals surface area contributed by atoms with Crippen LogP contribution in [-0.2, 0) is 12.6 Å². The van der Waals surface area contributed by atoms with Gasteiger partial charge < -0.3 is 10.2 Å². The Kier molecular flexibility index (Phi) is 3.60. The number of nitrogens with two attached hydrogens (primary N) is 1. The monoisotopic (exact) mass is 319 g/mol. The first-order valence-electron chi connectivity index (χ1n) is 6.82. The molecule has 3 rings (SSSR count). The van der Waals surface area contributed by atoms with E-state index in [1.807, 2.05) is 12.1 Å². The highest BCUT2D eigenvalue weighted by Gasteiger charge is 2.33. The summed E-state index contributed by atoms with van der Waals surface area (Å²) in [6, 6.07) is 12.0. The quantitative estimate of drug-likeness (QED) is 0.574. The Morgan fingerprint density at radius 2 is 1.78 bits per heavy atom. The Morgan fingerprint density at radius 3 is 2.48 bits per heavy atom. The summed E-state index contributed by atoms with van der Waals surface area (Å²) in [5, 5.41) is -0.135. The third kappa shape index (κ3) is 3.06. The van der Waals surface area contributed by atoms with E-state index in [0.717, 1.165) is 5.56 Å². The van der Waals surface area contributed by atoms with Gasteiger partial charge in [0, 0.05) is 17.1 Å². The predicted molar refractivity (Wildman–Crippen MR) is 81.1 cm³/mol. The maximum Gasteiger partial charge on any atom is 0.417 e. The Bertz CT molecular complexity index is 929. The van der Waals surface area contributed by atoms with Crippen LogP contribution in [0.5, 0.6) is 0 Å². The molecule has 0 fully saturated rings. The maximum atomic E-state index is 13.1. The molecule has 118 valence electrons. The number of nitrogen functional groups attached to an aromatic ring is 1. The summed E-state index contributed by atoms with van der Waals surface area (Å²) in [5.74, 6) is 0. The highest BCUT2D eigenvalue weighted by molar-refractivity contribution is 5.81. The zero-order chi connectivity index (χ0) is 16.6. The van der Waals surface area contributed by atoms with E-state index in [1.54, 1.807) is 18.2 Å². The van der Waals surface area contributed by atoms with Crippen LogP contribution in [0.4, 0.5) is 18.9 Å². The van der Waals surface area contributed by atoms with Crippen molar-refractivity contribution in [3.63, 3.8) is 0 Å². The highest BCUT2D eigenvalue weighted by atomic mass is 19.4. The number of anilines is 1. The molecule has 0 saturated carbocycles. The normalized spacial score (nSPS) is 11.8. The maximum absolute atomic E-state index is 13.1. The molecular formula is C17H12F3NO2. The second-order valence-corrected chi connectivity index (χ2v) is 5.18. The first-order valence-corrected chi connectivity index (χ1v) is 6.82. The molecule has 0 amide bonds. The lowest BCUT2D eigenvalue weighted by molar-refractivity contribution is -0.136. The summed E-state index contributed by atoms with van der Waals surface area (Å²) in [5.41, 5.74) is 5.79. The molecule has 3 aromatic rings. The Hall–Kier alpha value is -2.76.